The summed E-state index contributed by atoms with van der Waals surface area (Å²) in [5.74, 6) is -0.373. The number of amides is 1. The lowest BCUT2D eigenvalue weighted by atomic mass is 10.2. The van der Waals surface area contributed by atoms with Crippen molar-refractivity contribution in [3.05, 3.63) is 48.5 Å². The number of aromatic nitrogens is 2. The first-order chi connectivity index (χ1) is 12.6. The van der Waals surface area contributed by atoms with E-state index in [-0.39, 0.29) is 11.7 Å². The van der Waals surface area contributed by atoms with E-state index in [4.69, 9.17) is 4.74 Å². The predicted octanol–water partition coefficient (Wildman–Crippen LogP) is 2.16. The summed E-state index contributed by atoms with van der Waals surface area (Å²) in [5, 5.41) is 15.8. The van der Waals surface area contributed by atoms with E-state index < -0.39 is 18.0 Å². The zero-order valence-corrected chi connectivity index (χ0v) is 13.7. The summed E-state index contributed by atoms with van der Waals surface area (Å²) in [7, 11) is 0. The van der Waals surface area contributed by atoms with Gasteiger partial charge in [-0.1, -0.05) is 0 Å². The van der Waals surface area contributed by atoms with Crippen LogP contribution < -0.4 is 15.4 Å². The van der Waals surface area contributed by atoms with Crippen molar-refractivity contribution in [2.75, 3.05) is 11.9 Å². The van der Waals surface area contributed by atoms with Crippen LogP contribution in [0, 0.1) is 5.82 Å². The van der Waals surface area contributed by atoms with Crippen LogP contribution in [0.15, 0.2) is 42.7 Å². The van der Waals surface area contributed by atoms with Crippen LogP contribution >= 0.6 is 0 Å². The number of aliphatic hydroxyl groups is 1. The summed E-state index contributed by atoms with van der Waals surface area (Å²) in [6.45, 7) is 0.374. The molecule has 8 heteroatoms. The SMILES string of the molecule is O=C(Nc1ccc(Oc2ccnc3[nH]ccc23)c(F)c1)[C@@H]1C[C@@H](O)CN1. The first-order valence-corrected chi connectivity index (χ1v) is 8.22. The molecule has 0 radical (unpaired) electrons. The fourth-order valence-corrected chi connectivity index (χ4v) is 2.95. The lowest BCUT2D eigenvalue weighted by molar-refractivity contribution is -0.117. The normalized spacial score (nSPS) is 19.6. The van der Waals surface area contributed by atoms with Gasteiger partial charge in [0.05, 0.1) is 17.5 Å². The Morgan fingerprint density at radius 2 is 2.19 bits per heavy atom. The average Bonchev–Trinajstić information content (AvgIpc) is 3.26. The van der Waals surface area contributed by atoms with Crippen molar-refractivity contribution in [2.24, 2.45) is 0 Å². The van der Waals surface area contributed by atoms with Crippen LogP contribution in [0.3, 0.4) is 0 Å². The van der Waals surface area contributed by atoms with Crippen LogP contribution in [0.1, 0.15) is 6.42 Å². The number of β-amino-alcohol motifs (C(OH)–C–C–N with tert-alkyl or cyclic N) is 1. The molecule has 1 aliphatic rings. The van der Waals surface area contributed by atoms with E-state index in [1.54, 1.807) is 30.6 Å². The van der Waals surface area contributed by atoms with Crippen molar-refractivity contribution in [1.29, 1.82) is 0 Å². The Labute approximate surface area is 148 Å². The molecule has 7 nitrogen and oxygen atoms in total. The zero-order valence-electron chi connectivity index (χ0n) is 13.7. The standard InChI is InChI=1S/C18H17FN4O3/c19-13-7-10(23-18(25)14-8-11(24)9-22-14)1-2-16(13)26-15-4-6-21-17-12(15)3-5-20-17/h1-7,11,14,22,24H,8-9H2,(H,20,21)(H,23,25)/t11-,14+/m1/s1. The molecule has 4 rings (SSSR count). The second-order valence-electron chi connectivity index (χ2n) is 6.14. The fraction of sp³-hybridized carbons (Fsp3) is 0.222. The summed E-state index contributed by atoms with van der Waals surface area (Å²) in [5.41, 5.74) is 0.975. The molecule has 0 unspecified atom stereocenters. The fourth-order valence-electron chi connectivity index (χ4n) is 2.95. The molecule has 1 fully saturated rings. The number of hydrogen-bond donors (Lipinski definition) is 4. The van der Waals surface area contributed by atoms with Crippen LogP contribution in [0.2, 0.25) is 0 Å². The minimum atomic E-state index is -0.595. The number of ether oxygens (including phenoxy) is 1. The highest BCUT2D eigenvalue weighted by molar-refractivity contribution is 5.95. The smallest absolute Gasteiger partial charge is 0.241 e. The second-order valence-corrected chi connectivity index (χ2v) is 6.14. The third-order valence-electron chi connectivity index (χ3n) is 4.26. The molecule has 26 heavy (non-hydrogen) atoms. The highest BCUT2D eigenvalue weighted by Crippen LogP contribution is 2.31. The van der Waals surface area contributed by atoms with E-state index in [0.29, 0.717) is 30.0 Å². The number of hydrogen-bond acceptors (Lipinski definition) is 5. The average molecular weight is 356 g/mol. The first kappa shape index (κ1) is 16.5. The van der Waals surface area contributed by atoms with Crippen molar-refractivity contribution >= 4 is 22.6 Å². The molecule has 1 amide bonds. The van der Waals surface area contributed by atoms with Crippen molar-refractivity contribution in [3.63, 3.8) is 0 Å². The van der Waals surface area contributed by atoms with Gasteiger partial charge in [0.25, 0.3) is 0 Å². The van der Waals surface area contributed by atoms with E-state index in [1.165, 1.54) is 12.1 Å². The molecule has 2 atom stereocenters. The minimum absolute atomic E-state index is 0.0473. The molecule has 0 spiro atoms. The van der Waals surface area contributed by atoms with Gasteiger partial charge in [-0.3, -0.25) is 4.79 Å². The Bertz CT molecular complexity index is 959. The van der Waals surface area contributed by atoms with E-state index in [0.717, 1.165) is 5.39 Å². The molecule has 1 aliphatic heterocycles. The molecule has 1 aromatic carbocycles. The van der Waals surface area contributed by atoms with E-state index >= 15 is 0 Å². The van der Waals surface area contributed by atoms with Gasteiger partial charge in [0.1, 0.15) is 11.4 Å². The molecule has 0 aliphatic carbocycles. The Morgan fingerprint density at radius 1 is 1.31 bits per heavy atom. The minimum Gasteiger partial charge on any atom is -0.453 e. The van der Waals surface area contributed by atoms with Crippen LogP contribution in [-0.2, 0) is 4.79 Å². The summed E-state index contributed by atoms with van der Waals surface area (Å²) in [4.78, 5) is 19.2. The van der Waals surface area contributed by atoms with Crippen molar-refractivity contribution in [3.8, 4) is 11.5 Å². The maximum atomic E-state index is 14.4. The second kappa shape index (κ2) is 6.74. The Balaban J connectivity index is 1.49. The van der Waals surface area contributed by atoms with Gasteiger partial charge in [0, 0.05) is 30.7 Å². The van der Waals surface area contributed by atoms with Gasteiger partial charge >= 0.3 is 0 Å². The number of benzene rings is 1. The van der Waals surface area contributed by atoms with Crippen molar-refractivity contribution < 1.29 is 19.0 Å². The molecule has 1 saturated heterocycles. The Hall–Kier alpha value is -2.97. The van der Waals surface area contributed by atoms with Crippen LogP contribution in [0.25, 0.3) is 11.0 Å². The van der Waals surface area contributed by atoms with Gasteiger partial charge in [-0.2, -0.15) is 0 Å². The van der Waals surface area contributed by atoms with E-state index in [9.17, 15) is 14.3 Å². The predicted molar refractivity (Wildman–Crippen MR) is 93.6 cm³/mol. The Morgan fingerprint density at radius 3 is 2.96 bits per heavy atom. The molecule has 134 valence electrons. The summed E-state index contributed by atoms with van der Waals surface area (Å²) < 4.78 is 20.1. The number of carbonyl (C=O) groups excluding carboxylic acids is 1. The molecule has 3 aromatic rings. The quantitative estimate of drug-likeness (QED) is 0.574. The molecular weight excluding hydrogens is 339 g/mol. The largest absolute Gasteiger partial charge is 0.453 e. The zero-order chi connectivity index (χ0) is 18.1. The number of H-pyrrole nitrogens is 1. The van der Waals surface area contributed by atoms with Crippen molar-refractivity contribution in [1.82, 2.24) is 15.3 Å². The number of rotatable bonds is 4. The summed E-state index contributed by atoms with van der Waals surface area (Å²) >= 11 is 0. The molecule has 2 aromatic heterocycles. The number of carbonyl (C=O) groups is 1. The number of halogens is 1. The number of fused-ring (bicyclic) bond motifs is 1. The Kier molecular flexibility index (Phi) is 4.27. The van der Waals surface area contributed by atoms with Gasteiger partial charge < -0.3 is 25.5 Å². The number of aliphatic hydroxyl groups excluding tert-OH is 1. The third-order valence-corrected chi connectivity index (χ3v) is 4.26. The molecular formula is C18H17FN4O3. The maximum absolute atomic E-state index is 14.4. The van der Waals surface area contributed by atoms with Gasteiger partial charge in [-0.25, -0.2) is 9.37 Å². The van der Waals surface area contributed by atoms with Crippen LogP contribution in [-0.4, -0.2) is 39.7 Å². The molecule has 3 heterocycles. The van der Waals surface area contributed by atoms with E-state index in [2.05, 4.69) is 20.6 Å². The summed E-state index contributed by atoms with van der Waals surface area (Å²) in [6, 6.07) is 7.20. The number of nitrogens with zero attached hydrogens (tertiary/aromatic N) is 1. The van der Waals surface area contributed by atoms with Gasteiger partial charge in [-0.05, 0) is 30.7 Å². The molecule has 0 saturated carbocycles. The lowest BCUT2D eigenvalue weighted by Gasteiger charge is -2.12. The topological polar surface area (TPSA) is 99.3 Å². The highest BCUT2D eigenvalue weighted by Gasteiger charge is 2.28. The molecule has 4 N–H and O–H groups in total. The van der Waals surface area contributed by atoms with Gasteiger partial charge in [-0.15, -0.1) is 0 Å². The number of anilines is 1. The monoisotopic (exact) mass is 356 g/mol. The van der Waals surface area contributed by atoms with Crippen LogP contribution in [0.5, 0.6) is 11.5 Å². The van der Waals surface area contributed by atoms with E-state index in [1.807, 2.05) is 0 Å². The van der Waals surface area contributed by atoms with Gasteiger partial charge in [0.2, 0.25) is 5.91 Å². The highest BCUT2D eigenvalue weighted by atomic mass is 19.1. The van der Waals surface area contributed by atoms with Crippen molar-refractivity contribution in [2.45, 2.75) is 18.6 Å². The molecule has 0 bridgehead atoms. The third kappa shape index (κ3) is 3.24. The first-order valence-electron chi connectivity index (χ1n) is 8.22. The number of pyridine rings is 1. The number of nitrogens with one attached hydrogen (secondary N) is 3. The maximum Gasteiger partial charge on any atom is 0.241 e. The van der Waals surface area contributed by atoms with Gasteiger partial charge in [0.15, 0.2) is 11.6 Å². The number of aromatic amines is 1. The van der Waals surface area contributed by atoms with Crippen LogP contribution in [0.4, 0.5) is 10.1 Å². The lowest BCUT2D eigenvalue weighted by Crippen LogP contribution is -2.35. The summed E-state index contributed by atoms with van der Waals surface area (Å²) in [6.07, 6.45) is 3.10.